The van der Waals surface area contributed by atoms with Crippen molar-refractivity contribution in [3.63, 3.8) is 0 Å². The van der Waals surface area contributed by atoms with Crippen LogP contribution >= 0.6 is 11.6 Å². The normalized spacial score (nSPS) is 14.9. The molecule has 0 aromatic heterocycles. The van der Waals surface area contributed by atoms with Crippen LogP contribution in [0, 0.1) is 0 Å². The Morgan fingerprint density at radius 2 is 1.83 bits per heavy atom. The summed E-state index contributed by atoms with van der Waals surface area (Å²) in [5.74, 6) is 0.486. The van der Waals surface area contributed by atoms with Gasteiger partial charge in [-0.1, -0.05) is 41.9 Å². The van der Waals surface area contributed by atoms with E-state index < -0.39 is 6.10 Å². The van der Waals surface area contributed by atoms with Gasteiger partial charge in [-0.25, -0.2) is 0 Å². The number of nitrogens with one attached hydrogen (secondary N) is 2. The minimum atomic E-state index is -0.711. The lowest BCUT2D eigenvalue weighted by Crippen LogP contribution is -2.30. The lowest BCUT2D eigenvalue weighted by atomic mass is 10.1. The first-order valence-electron chi connectivity index (χ1n) is 8.93. The standard InChI is InChI=1S/C22H17ClN2O4/c23-15-6-9-17(10-7-15)28-13-20(26)24-16-8-11-19-18(12-16)25-22(27)21(29-19)14-4-2-1-3-5-14/h1-12,21H,13H2,(H,24,26)(H,25,27). The zero-order chi connectivity index (χ0) is 20.2. The topological polar surface area (TPSA) is 76.7 Å². The minimum Gasteiger partial charge on any atom is -0.484 e. The molecule has 1 aliphatic rings. The average Bonchev–Trinajstić information content (AvgIpc) is 2.73. The summed E-state index contributed by atoms with van der Waals surface area (Å²) in [5, 5.41) is 6.15. The second kappa shape index (κ2) is 8.24. The molecule has 29 heavy (non-hydrogen) atoms. The average molecular weight is 409 g/mol. The molecule has 0 bridgehead atoms. The molecule has 0 aliphatic carbocycles. The van der Waals surface area contributed by atoms with Crippen LogP contribution in [0.4, 0.5) is 11.4 Å². The molecule has 1 aliphatic heterocycles. The van der Waals surface area contributed by atoms with Crippen molar-refractivity contribution in [2.24, 2.45) is 0 Å². The summed E-state index contributed by atoms with van der Waals surface area (Å²) in [6, 6.07) is 21.1. The zero-order valence-corrected chi connectivity index (χ0v) is 16.0. The molecule has 3 aromatic carbocycles. The van der Waals surface area contributed by atoms with E-state index in [4.69, 9.17) is 21.1 Å². The van der Waals surface area contributed by atoms with Gasteiger partial charge >= 0.3 is 0 Å². The predicted octanol–water partition coefficient (Wildman–Crippen LogP) is 4.43. The third-order valence-corrected chi connectivity index (χ3v) is 4.54. The molecule has 2 amide bonds. The SMILES string of the molecule is O=C(COc1ccc(Cl)cc1)Nc1ccc2c(c1)NC(=O)C(c1ccccc1)O2. The van der Waals surface area contributed by atoms with Crippen LogP contribution in [-0.2, 0) is 9.59 Å². The highest BCUT2D eigenvalue weighted by atomic mass is 35.5. The van der Waals surface area contributed by atoms with Crippen molar-refractivity contribution in [3.8, 4) is 11.5 Å². The van der Waals surface area contributed by atoms with Gasteiger partial charge in [-0.3, -0.25) is 9.59 Å². The molecular formula is C22H17ClN2O4. The lowest BCUT2D eigenvalue weighted by molar-refractivity contribution is -0.123. The molecule has 146 valence electrons. The number of fused-ring (bicyclic) bond motifs is 1. The number of anilines is 2. The van der Waals surface area contributed by atoms with Crippen molar-refractivity contribution in [1.82, 2.24) is 0 Å². The molecule has 1 heterocycles. The van der Waals surface area contributed by atoms with Crippen molar-refractivity contribution in [2.45, 2.75) is 6.10 Å². The van der Waals surface area contributed by atoms with E-state index in [1.54, 1.807) is 42.5 Å². The van der Waals surface area contributed by atoms with Gasteiger partial charge in [0.1, 0.15) is 11.5 Å². The lowest BCUT2D eigenvalue weighted by Gasteiger charge is -2.26. The molecule has 0 saturated heterocycles. The van der Waals surface area contributed by atoms with E-state index in [1.807, 2.05) is 30.3 Å². The maximum absolute atomic E-state index is 12.4. The fourth-order valence-electron chi connectivity index (χ4n) is 2.91. The molecule has 6 nitrogen and oxygen atoms in total. The van der Waals surface area contributed by atoms with E-state index in [1.165, 1.54) is 0 Å². The Morgan fingerprint density at radius 3 is 2.59 bits per heavy atom. The largest absolute Gasteiger partial charge is 0.484 e. The van der Waals surface area contributed by atoms with Crippen LogP contribution in [-0.4, -0.2) is 18.4 Å². The number of carbonyl (C=O) groups is 2. The molecule has 3 aromatic rings. The van der Waals surface area contributed by atoms with Crippen molar-refractivity contribution in [3.05, 3.63) is 83.4 Å². The maximum Gasteiger partial charge on any atom is 0.270 e. The fourth-order valence-corrected chi connectivity index (χ4v) is 3.04. The van der Waals surface area contributed by atoms with Gasteiger partial charge in [0.05, 0.1) is 5.69 Å². The Labute approximate surface area is 172 Å². The zero-order valence-electron chi connectivity index (χ0n) is 15.2. The predicted molar refractivity (Wildman–Crippen MR) is 110 cm³/mol. The fraction of sp³-hybridized carbons (Fsp3) is 0.0909. The summed E-state index contributed by atoms with van der Waals surface area (Å²) < 4.78 is 11.3. The van der Waals surface area contributed by atoms with Gasteiger partial charge in [0.15, 0.2) is 6.61 Å². The summed E-state index contributed by atoms with van der Waals surface area (Å²) in [4.78, 5) is 24.6. The Kier molecular flexibility index (Phi) is 5.35. The van der Waals surface area contributed by atoms with E-state index in [-0.39, 0.29) is 18.4 Å². The number of rotatable bonds is 5. The van der Waals surface area contributed by atoms with Crippen LogP contribution in [0.3, 0.4) is 0 Å². The molecule has 1 atom stereocenters. The van der Waals surface area contributed by atoms with Crippen molar-refractivity contribution in [1.29, 1.82) is 0 Å². The molecule has 0 radical (unpaired) electrons. The van der Waals surface area contributed by atoms with Crippen LogP contribution in [0.2, 0.25) is 5.02 Å². The second-order valence-electron chi connectivity index (χ2n) is 6.40. The highest BCUT2D eigenvalue weighted by Gasteiger charge is 2.29. The first-order valence-corrected chi connectivity index (χ1v) is 9.31. The number of ether oxygens (including phenoxy) is 2. The third kappa shape index (κ3) is 4.50. The van der Waals surface area contributed by atoms with Gasteiger partial charge in [-0.15, -0.1) is 0 Å². The number of halogens is 1. The number of hydrogen-bond donors (Lipinski definition) is 2. The van der Waals surface area contributed by atoms with Crippen LogP contribution in [0.15, 0.2) is 72.8 Å². The summed E-state index contributed by atoms with van der Waals surface area (Å²) in [6.07, 6.45) is -0.711. The minimum absolute atomic E-state index is 0.155. The number of benzene rings is 3. The van der Waals surface area contributed by atoms with Crippen LogP contribution in [0.1, 0.15) is 11.7 Å². The number of amides is 2. The van der Waals surface area contributed by atoms with Gasteiger partial charge in [0, 0.05) is 16.3 Å². The van der Waals surface area contributed by atoms with Crippen molar-refractivity contribution >= 4 is 34.8 Å². The summed E-state index contributed by atoms with van der Waals surface area (Å²) in [6.45, 7) is -0.155. The first-order chi connectivity index (χ1) is 14.1. The summed E-state index contributed by atoms with van der Waals surface area (Å²) in [7, 11) is 0. The molecule has 0 saturated carbocycles. The van der Waals surface area contributed by atoms with Gasteiger partial charge < -0.3 is 20.1 Å². The Balaban J connectivity index is 1.40. The maximum atomic E-state index is 12.4. The smallest absolute Gasteiger partial charge is 0.270 e. The van der Waals surface area contributed by atoms with Crippen molar-refractivity contribution < 1.29 is 19.1 Å². The molecule has 0 spiro atoms. The van der Waals surface area contributed by atoms with E-state index in [2.05, 4.69) is 10.6 Å². The highest BCUT2D eigenvalue weighted by Crippen LogP contribution is 2.36. The molecular weight excluding hydrogens is 392 g/mol. The van der Waals surface area contributed by atoms with Crippen molar-refractivity contribution in [2.75, 3.05) is 17.2 Å². The van der Waals surface area contributed by atoms with E-state index >= 15 is 0 Å². The van der Waals surface area contributed by atoms with E-state index in [0.29, 0.717) is 27.9 Å². The quantitative estimate of drug-likeness (QED) is 0.654. The van der Waals surface area contributed by atoms with Gasteiger partial charge in [0.2, 0.25) is 6.10 Å². The Hall–Kier alpha value is -3.51. The number of hydrogen-bond acceptors (Lipinski definition) is 4. The Bertz CT molecular complexity index is 1040. The van der Waals surface area contributed by atoms with E-state index in [0.717, 1.165) is 5.56 Å². The third-order valence-electron chi connectivity index (χ3n) is 4.29. The number of carbonyl (C=O) groups excluding carboxylic acids is 2. The second-order valence-corrected chi connectivity index (χ2v) is 6.84. The summed E-state index contributed by atoms with van der Waals surface area (Å²) in [5.41, 5.74) is 1.79. The van der Waals surface area contributed by atoms with Gasteiger partial charge in [-0.05, 0) is 42.5 Å². The first kappa shape index (κ1) is 18.8. The van der Waals surface area contributed by atoms with E-state index in [9.17, 15) is 9.59 Å². The highest BCUT2D eigenvalue weighted by molar-refractivity contribution is 6.30. The molecule has 7 heteroatoms. The monoisotopic (exact) mass is 408 g/mol. The molecule has 4 rings (SSSR count). The summed E-state index contributed by atoms with van der Waals surface area (Å²) >= 11 is 5.82. The van der Waals surface area contributed by atoms with Gasteiger partial charge in [0.25, 0.3) is 11.8 Å². The van der Waals surface area contributed by atoms with Crippen LogP contribution in [0.5, 0.6) is 11.5 Å². The van der Waals surface area contributed by atoms with Crippen LogP contribution < -0.4 is 20.1 Å². The Morgan fingerprint density at radius 1 is 1.07 bits per heavy atom. The molecule has 0 fully saturated rings. The van der Waals surface area contributed by atoms with Gasteiger partial charge in [-0.2, -0.15) is 0 Å². The molecule has 2 N–H and O–H groups in total. The van der Waals surface area contributed by atoms with Crippen LogP contribution in [0.25, 0.3) is 0 Å². The molecule has 1 unspecified atom stereocenters.